The maximum Gasteiger partial charge on any atom is 0.272 e. The van der Waals surface area contributed by atoms with Crippen LogP contribution in [-0.4, -0.2) is 28.8 Å². The molecule has 98 valence electrons. The van der Waals surface area contributed by atoms with E-state index in [1.54, 1.807) is 24.9 Å². The minimum Gasteiger partial charge on any atom is -0.481 e. The van der Waals surface area contributed by atoms with Gasteiger partial charge in [0.25, 0.3) is 5.91 Å². The maximum atomic E-state index is 12.1. The molecular formula is C13H19N3O2. The van der Waals surface area contributed by atoms with E-state index in [1.807, 2.05) is 0 Å². The van der Waals surface area contributed by atoms with Crippen LogP contribution in [0.25, 0.3) is 0 Å². The van der Waals surface area contributed by atoms with Crippen LogP contribution in [-0.2, 0) is 7.05 Å². The molecule has 0 aromatic carbocycles. The first-order chi connectivity index (χ1) is 8.67. The normalized spacial score (nSPS) is 29.6. The Labute approximate surface area is 107 Å². The van der Waals surface area contributed by atoms with Crippen LogP contribution in [0.15, 0.2) is 6.07 Å². The largest absolute Gasteiger partial charge is 0.481 e. The van der Waals surface area contributed by atoms with Gasteiger partial charge in [-0.1, -0.05) is 6.42 Å². The molecule has 0 aliphatic heterocycles. The molecule has 3 atom stereocenters. The summed E-state index contributed by atoms with van der Waals surface area (Å²) in [5.74, 6) is 2.04. The van der Waals surface area contributed by atoms with Crippen molar-refractivity contribution in [3.63, 3.8) is 0 Å². The monoisotopic (exact) mass is 249 g/mol. The molecule has 5 heteroatoms. The fourth-order valence-corrected chi connectivity index (χ4v) is 3.42. The first kappa shape index (κ1) is 11.6. The van der Waals surface area contributed by atoms with Gasteiger partial charge in [-0.25, -0.2) is 4.68 Å². The minimum atomic E-state index is -0.0774. The van der Waals surface area contributed by atoms with Gasteiger partial charge >= 0.3 is 0 Å². The van der Waals surface area contributed by atoms with Crippen LogP contribution >= 0.6 is 0 Å². The summed E-state index contributed by atoms with van der Waals surface area (Å²) in [6, 6.07) is 2.03. The van der Waals surface area contributed by atoms with Crippen molar-refractivity contribution >= 4 is 5.91 Å². The smallest absolute Gasteiger partial charge is 0.272 e. The SMILES string of the molecule is COc1cc(C(=O)NC2CC3CCC2C3)nn1C. The second kappa shape index (κ2) is 4.30. The summed E-state index contributed by atoms with van der Waals surface area (Å²) in [7, 11) is 3.35. The molecule has 2 aliphatic rings. The molecule has 2 aliphatic carbocycles. The molecule has 1 aromatic rings. The van der Waals surface area contributed by atoms with E-state index in [-0.39, 0.29) is 5.91 Å². The number of fused-ring (bicyclic) bond motifs is 2. The summed E-state index contributed by atoms with van der Waals surface area (Å²) in [6.45, 7) is 0. The number of aromatic nitrogens is 2. The van der Waals surface area contributed by atoms with Crippen LogP contribution in [0.2, 0.25) is 0 Å². The molecule has 1 heterocycles. The van der Waals surface area contributed by atoms with Crippen LogP contribution in [0.1, 0.15) is 36.2 Å². The topological polar surface area (TPSA) is 56.1 Å². The number of hydrogen-bond acceptors (Lipinski definition) is 3. The number of rotatable bonds is 3. The summed E-state index contributed by atoms with van der Waals surface area (Å²) in [5.41, 5.74) is 0.442. The number of aryl methyl sites for hydroxylation is 1. The molecule has 3 unspecified atom stereocenters. The fourth-order valence-electron chi connectivity index (χ4n) is 3.42. The first-order valence-electron chi connectivity index (χ1n) is 6.56. The van der Waals surface area contributed by atoms with Gasteiger partial charge in [-0.2, -0.15) is 5.10 Å². The van der Waals surface area contributed by atoms with Gasteiger partial charge in [-0.05, 0) is 31.1 Å². The van der Waals surface area contributed by atoms with Gasteiger partial charge in [-0.3, -0.25) is 4.79 Å². The van der Waals surface area contributed by atoms with Crippen LogP contribution in [0.4, 0.5) is 0 Å². The Morgan fingerprint density at radius 2 is 2.33 bits per heavy atom. The van der Waals surface area contributed by atoms with Crippen molar-refractivity contribution in [2.45, 2.75) is 31.7 Å². The van der Waals surface area contributed by atoms with E-state index in [9.17, 15) is 4.79 Å². The van der Waals surface area contributed by atoms with E-state index >= 15 is 0 Å². The van der Waals surface area contributed by atoms with Gasteiger partial charge in [0.15, 0.2) is 5.69 Å². The molecule has 0 saturated heterocycles. The summed E-state index contributed by atoms with van der Waals surface area (Å²) >= 11 is 0. The van der Waals surface area contributed by atoms with Crippen molar-refractivity contribution in [3.05, 3.63) is 11.8 Å². The van der Waals surface area contributed by atoms with Crippen LogP contribution in [0.5, 0.6) is 5.88 Å². The highest BCUT2D eigenvalue weighted by Gasteiger charge is 2.40. The van der Waals surface area contributed by atoms with Crippen molar-refractivity contribution < 1.29 is 9.53 Å². The molecule has 0 spiro atoms. The number of amides is 1. The summed E-state index contributed by atoms with van der Waals surface area (Å²) in [6.07, 6.45) is 5.03. The highest BCUT2D eigenvalue weighted by molar-refractivity contribution is 5.92. The third kappa shape index (κ3) is 1.87. The Morgan fingerprint density at radius 3 is 2.89 bits per heavy atom. The standard InChI is InChI=1S/C13H19N3O2/c1-16-12(18-2)7-11(15-16)13(17)14-10-6-8-3-4-9(10)5-8/h7-10H,3-6H2,1-2H3,(H,14,17). The third-order valence-electron chi connectivity index (χ3n) is 4.33. The molecular weight excluding hydrogens is 230 g/mol. The van der Waals surface area contributed by atoms with E-state index in [4.69, 9.17) is 4.74 Å². The summed E-state index contributed by atoms with van der Waals surface area (Å²) < 4.78 is 6.69. The maximum absolute atomic E-state index is 12.1. The lowest BCUT2D eigenvalue weighted by Gasteiger charge is -2.22. The molecule has 1 N–H and O–H groups in total. The highest BCUT2D eigenvalue weighted by atomic mass is 16.5. The number of ether oxygens (including phenoxy) is 1. The molecule has 2 bridgehead atoms. The van der Waals surface area contributed by atoms with Crippen molar-refractivity contribution in [2.75, 3.05) is 7.11 Å². The molecule has 2 fully saturated rings. The Morgan fingerprint density at radius 1 is 1.50 bits per heavy atom. The lowest BCUT2D eigenvalue weighted by molar-refractivity contribution is 0.0917. The van der Waals surface area contributed by atoms with Crippen molar-refractivity contribution in [1.29, 1.82) is 0 Å². The molecule has 3 rings (SSSR count). The Kier molecular flexibility index (Phi) is 2.76. The van der Waals surface area contributed by atoms with Crippen LogP contribution < -0.4 is 10.1 Å². The molecule has 2 saturated carbocycles. The van der Waals surface area contributed by atoms with E-state index in [0.29, 0.717) is 23.5 Å². The van der Waals surface area contributed by atoms with Crippen molar-refractivity contribution in [1.82, 2.24) is 15.1 Å². The molecule has 18 heavy (non-hydrogen) atoms. The van der Waals surface area contributed by atoms with Gasteiger partial charge in [0.2, 0.25) is 5.88 Å². The van der Waals surface area contributed by atoms with Crippen LogP contribution in [0.3, 0.4) is 0 Å². The Hall–Kier alpha value is -1.52. The number of carbonyl (C=O) groups is 1. The van der Waals surface area contributed by atoms with Gasteiger partial charge in [-0.15, -0.1) is 0 Å². The summed E-state index contributed by atoms with van der Waals surface area (Å²) in [5, 5.41) is 7.29. The van der Waals surface area contributed by atoms with E-state index < -0.39 is 0 Å². The Bertz CT molecular complexity index is 469. The number of hydrogen-bond donors (Lipinski definition) is 1. The van der Waals surface area contributed by atoms with Crippen LogP contribution in [0, 0.1) is 11.8 Å². The van der Waals surface area contributed by atoms with E-state index in [1.165, 1.54) is 19.3 Å². The zero-order valence-electron chi connectivity index (χ0n) is 10.8. The van der Waals surface area contributed by atoms with Gasteiger partial charge in [0, 0.05) is 19.2 Å². The molecule has 1 amide bonds. The lowest BCUT2D eigenvalue weighted by Crippen LogP contribution is -2.38. The van der Waals surface area contributed by atoms with Gasteiger partial charge < -0.3 is 10.1 Å². The summed E-state index contributed by atoms with van der Waals surface area (Å²) in [4.78, 5) is 12.1. The first-order valence-corrected chi connectivity index (χ1v) is 6.56. The van der Waals surface area contributed by atoms with Crippen molar-refractivity contribution in [2.24, 2.45) is 18.9 Å². The highest BCUT2D eigenvalue weighted by Crippen LogP contribution is 2.44. The minimum absolute atomic E-state index is 0.0774. The third-order valence-corrected chi connectivity index (χ3v) is 4.33. The number of nitrogens with one attached hydrogen (secondary N) is 1. The molecule has 0 radical (unpaired) electrons. The van der Waals surface area contributed by atoms with E-state index in [2.05, 4.69) is 10.4 Å². The van der Waals surface area contributed by atoms with Gasteiger partial charge in [0.1, 0.15) is 0 Å². The van der Waals surface area contributed by atoms with Crippen molar-refractivity contribution in [3.8, 4) is 5.88 Å². The second-order valence-corrected chi connectivity index (χ2v) is 5.45. The van der Waals surface area contributed by atoms with Gasteiger partial charge in [0.05, 0.1) is 7.11 Å². The second-order valence-electron chi connectivity index (χ2n) is 5.45. The number of methoxy groups -OCH3 is 1. The predicted octanol–water partition coefficient (Wildman–Crippen LogP) is 1.35. The molecule has 5 nitrogen and oxygen atoms in total. The zero-order chi connectivity index (χ0) is 12.7. The zero-order valence-corrected chi connectivity index (χ0v) is 10.8. The Balaban J connectivity index is 1.67. The fraction of sp³-hybridized carbons (Fsp3) is 0.692. The number of carbonyl (C=O) groups excluding carboxylic acids is 1. The average Bonchev–Trinajstić information content (AvgIpc) is 3.03. The quantitative estimate of drug-likeness (QED) is 0.879. The predicted molar refractivity (Wildman–Crippen MR) is 66.5 cm³/mol. The van der Waals surface area contributed by atoms with E-state index in [0.717, 1.165) is 12.3 Å². The number of nitrogens with zero attached hydrogens (tertiary/aromatic N) is 2. The lowest BCUT2D eigenvalue weighted by atomic mass is 9.95. The average molecular weight is 249 g/mol. The molecule has 1 aromatic heterocycles.